The molecule has 0 amide bonds. The fourth-order valence-corrected chi connectivity index (χ4v) is 6.85. The van der Waals surface area contributed by atoms with Crippen molar-refractivity contribution in [2.45, 2.75) is 141 Å². The fraction of sp³-hybridized carbons (Fsp3) is 0.625. The van der Waals surface area contributed by atoms with Crippen LogP contribution in [0.3, 0.4) is 0 Å². The minimum Gasteiger partial charge on any atom is -0.483 e. The number of aliphatic hydroxyl groups is 3. The van der Waals surface area contributed by atoms with Crippen LogP contribution in [0.5, 0.6) is 0 Å². The van der Waals surface area contributed by atoms with Gasteiger partial charge in [-0.05, 0) is 76.3 Å². The molecule has 2 unspecified atom stereocenters. The number of carboxylic acid groups (broad SMARTS) is 1. The molecular formula is C40H60ClNO11. The summed E-state index contributed by atoms with van der Waals surface area (Å²) in [5, 5.41) is 44.7. The Labute approximate surface area is 319 Å². The van der Waals surface area contributed by atoms with E-state index in [-0.39, 0.29) is 56.0 Å². The second-order valence-corrected chi connectivity index (χ2v) is 15.0. The van der Waals surface area contributed by atoms with Crippen molar-refractivity contribution in [2.24, 2.45) is 11.8 Å². The van der Waals surface area contributed by atoms with Crippen LogP contribution in [0.1, 0.15) is 92.7 Å². The van der Waals surface area contributed by atoms with E-state index in [0.29, 0.717) is 10.6 Å². The van der Waals surface area contributed by atoms with Crippen molar-refractivity contribution in [1.29, 1.82) is 0 Å². The van der Waals surface area contributed by atoms with Crippen LogP contribution in [-0.4, -0.2) is 99.8 Å². The molecule has 3 rings (SSSR count). The normalized spacial score (nSPS) is 30.8. The molecule has 2 heterocycles. The average molecular weight is 766 g/mol. The Hall–Kier alpha value is -3.10. The molecule has 1 saturated heterocycles. The number of ether oxygens (including phenoxy) is 4. The standard InChI is InChI=1S/C39H58ClNO9.CH2O2/c1-10-31(47-9)25(4)35-36(50-35)37(41-26(5)28-14-16-29(40)17-15-28)39(8,46)20-11-12-23(2)34-24(3)13-18-32(48-27(6)42)38(7,45)21-19-30(43)22-33(44)49-34;2-1-3/h11-18,20,24-26,30-32,34-37,41,43,45-46H,10,19,21-22H2,1-9H3;1H,(H,2,3)/b18-13+,20-11+,23-12+;/t24-,25+,26-,30+,31-,32-,34-,35+,36-,37?,38+,39?;/m0./s1. The molecule has 12 nitrogen and oxygen atoms in total. The van der Waals surface area contributed by atoms with Gasteiger partial charge in [0.25, 0.3) is 6.47 Å². The first-order valence-corrected chi connectivity index (χ1v) is 18.5. The summed E-state index contributed by atoms with van der Waals surface area (Å²) in [4.78, 5) is 33.1. The Morgan fingerprint density at radius 3 is 2.38 bits per heavy atom. The molecule has 0 aliphatic carbocycles. The maximum atomic E-state index is 12.9. The number of aliphatic hydroxyl groups excluding tert-OH is 1. The molecule has 5 N–H and O–H groups in total. The van der Waals surface area contributed by atoms with Gasteiger partial charge < -0.3 is 44.7 Å². The van der Waals surface area contributed by atoms with Crippen LogP contribution in [0.25, 0.3) is 0 Å². The van der Waals surface area contributed by atoms with E-state index in [2.05, 4.69) is 19.2 Å². The molecule has 298 valence electrons. The van der Waals surface area contributed by atoms with Crippen LogP contribution in [0, 0.1) is 11.8 Å². The summed E-state index contributed by atoms with van der Waals surface area (Å²) in [6, 6.07) is 6.96. The van der Waals surface area contributed by atoms with Gasteiger partial charge in [0.1, 0.15) is 23.9 Å². The number of hydrogen-bond donors (Lipinski definition) is 5. The molecule has 1 fully saturated rings. The van der Waals surface area contributed by atoms with Gasteiger partial charge in [0, 0.05) is 36.9 Å². The largest absolute Gasteiger partial charge is 0.483 e. The van der Waals surface area contributed by atoms with Crippen LogP contribution in [0.15, 0.2) is 60.2 Å². The number of cyclic esters (lactones) is 1. The molecule has 2 aliphatic rings. The zero-order valence-electron chi connectivity index (χ0n) is 32.4. The van der Waals surface area contributed by atoms with Gasteiger partial charge in [-0.25, -0.2) is 0 Å². The molecule has 1 aromatic rings. The molecule has 13 heteroatoms. The topological polar surface area (TPSA) is 184 Å². The maximum absolute atomic E-state index is 12.9. The lowest BCUT2D eigenvalue weighted by Gasteiger charge is -2.33. The second kappa shape index (κ2) is 21.1. The first-order valence-electron chi connectivity index (χ1n) is 18.1. The minimum absolute atomic E-state index is 0.0200. The number of epoxide rings is 1. The van der Waals surface area contributed by atoms with Crippen molar-refractivity contribution in [3.63, 3.8) is 0 Å². The summed E-state index contributed by atoms with van der Waals surface area (Å²) in [6.45, 7) is 14.2. The Morgan fingerprint density at radius 1 is 1.19 bits per heavy atom. The summed E-state index contributed by atoms with van der Waals surface area (Å²) < 4.78 is 23.2. The van der Waals surface area contributed by atoms with Gasteiger partial charge in [-0.3, -0.25) is 14.4 Å². The molecular weight excluding hydrogens is 706 g/mol. The van der Waals surface area contributed by atoms with Crippen molar-refractivity contribution in [3.05, 3.63) is 70.8 Å². The van der Waals surface area contributed by atoms with E-state index in [1.165, 1.54) is 6.92 Å². The van der Waals surface area contributed by atoms with Crippen LogP contribution in [-0.2, 0) is 33.3 Å². The van der Waals surface area contributed by atoms with Gasteiger partial charge >= 0.3 is 11.9 Å². The predicted molar refractivity (Wildman–Crippen MR) is 202 cm³/mol. The molecule has 0 bridgehead atoms. The first kappa shape index (κ1) is 46.1. The highest BCUT2D eigenvalue weighted by Crippen LogP contribution is 2.39. The van der Waals surface area contributed by atoms with Crippen molar-refractivity contribution in [1.82, 2.24) is 5.32 Å². The number of benzene rings is 1. The Morgan fingerprint density at radius 2 is 1.81 bits per heavy atom. The maximum Gasteiger partial charge on any atom is 0.309 e. The molecule has 0 spiro atoms. The van der Waals surface area contributed by atoms with Gasteiger partial charge in [-0.2, -0.15) is 0 Å². The summed E-state index contributed by atoms with van der Waals surface area (Å²) >= 11 is 6.13. The summed E-state index contributed by atoms with van der Waals surface area (Å²) in [5.74, 6) is -1.40. The van der Waals surface area contributed by atoms with E-state index in [0.717, 1.165) is 12.0 Å². The average Bonchev–Trinajstić information content (AvgIpc) is 3.87. The van der Waals surface area contributed by atoms with Gasteiger partial charge in [0.15, 0.2) is 0 Å². The number of carbonyl (C=O) groups is 3. The summed E-state index contributed by atoms with van der Waals surface area (Å²) in [7, 11) is 1.70. The van der Waals surface area contributed by atoms with E-state index in [1.54, 1.807) is 51.3 Å². The number of halogens is 1. The monoisotopic (exact) mass is 765 g/mol. The zero-order chi connectivity index (χ0) is 40.1. The predicted octanol–water partition coefficient (Wildman–Crippen LogP) is 5.47. The van der Waals surface area contributed by atoms with Gasteiger partial charge in [0.05, 0.1) is 36.4 Å². The highest BCUT2D eigenvalue weighted by atomic mass is 35.5. The second-order valence-electron chi connectivity index (χ2n) is 14.6. The number of nitrogens with one attached hydrogen (secondary N) is 1. The molecule has 2 aliphatic heterocycles. The number of methoxy groups -OCH3 is 1. The van der Waals surface area contributed by atoms with Crippen LogP contribution >= 0.6 is 11.6 Å². The number of allylic oxidation sites excluding steroid dienone is 2. The van der Waals surface area contributed by atoms with Crippen LogP contribution < -0.4 is 5.32 Å². The lowest BCUT2D eigenvalue weighted by molar-refractivity contribution is -0.157. The molecule has 1 aromatic carbocycles. The van der Waals surface area contributed by atoms with Gasteiger partial charge in [-0.1, -0.05) is 68.8 Å². The third-order valence-electron chi connectivity index (χ3n) is 9.99. The van der Waals surface area contributed by atoms with E-state index < -0.39 is 53.4 Å². The molecule has 0 radical (unpaired) electrons. The number of esters is 2. The third kappa shape index (κ3) is 14.2. The van der Waals surface area contributed by atoms with Crippen LogP contribution in [0.4, 0.5) is 0 Å². The van der Waals surface area contributed by atoms with Gasteiger partial charge in [-0.15, -0.1) is 0 Å². The molecule has 0 saturated carbocycles. The van der Waals surface area contributed by atoms with Crippen molar-refractivity contribution < 1.29 is 53.8 Å². The third-order valence-corrected chi connectivity index (χ3v) is 10.2. The smallest absolute Gasteiger partial charge is 0.309 e. The van der Waals surface area contributed by atoms with Crippen molar-refractivity contribution in [3.8, 4) is 0 Å². The highest BCUT2D eigenvalue weighted by Gasteiger charge is 2.54. The zero-order valence-corrected chi connectivity index (χ0v) is 33.2. The number of rotatable bonds is 13. The van der Waals surface area contributed by atoms with E-state index in [1.807, 2.05) is 45.0 Å². The Balaban J connectivity index is 0.00000313. The number of carbonyl (C=O) groups excluding carboxylic acids is 2. The highest BCUT2D eigenvalue weighted by molar-refractivity contribution is 6.30. The summed E-state index contributed by atoms with van der Waals surface area (Å²) in [6.07, 6.45) is 6.28. The molecule has 53 heavy (non-hydrogen) atoms. The van der Waals surface area contributed by atoms with Crippen molar-refractivity contribution >= 4 is 30.0 Å². The van der Waals surface area contributed by atoms with Crippen molar-refractivity contribution in [2.75, 3.05) is 7.11 Å². The Kier molecular flexibility index (Phi) is 18.3. The Bertz CT molecular complexity index is 1410. The van der Waals surface area contributed by atoms with Gasteiger partial charge in [0.2, 0.25) is 0 Å². The quantitative estimate of drug-likeness (QED) is 0.0562. The van der Waals surface area contributed by atoms with E-state index >= 15 is 0 Å². The minimum atomic E-state index is -1.46. The SMILES string of the molecule is CC[C@H](OC)[C@@H](C)[C@H]1O[C@@H]1C(N[C@@H](C)c1ccc(Cl)cc1)C(C)(O)/C=C/C=C(\C)[C@@H]1OC(=O)C[C@H](O)CC[C@@](C)(O)[C@@H](OC(C)=O)/C=C/[C@@H]1C.O=CO. The number of hydrogen-bond acceptors (Lipinski definition) is 11. The molecule has 12 atom stereocenters. The van der Waals surface area contributed by atoms with E-state index in [9.17, 15) is 24.9 Å². The lowest BCUT2D eigenvalue weighted by Crippen LogP contribution is -2.53. The fourth-order valence-electron chi connectivity index (χ4n) is 6.73. The first-order chi connectivity index (χ1) is 24.8. The molecule has 0 aromatic heterocycles. The van der Waals surface area contributed by atoms with E-state index in [4.69, 9.17) is 40.4 Å². The lowest BCUT2D eigenvalue weighted by atomic mass is 9.86. The van der Waals surface area contributed by atoms with Crippen LogP contribution in [0.2, 0.25) is 5.02 Å². The summed E-state index contributed by atoms with van der Waals surface area (Å²) in [5.41, 5.74) is -1.13.